The molecule has 4 aromatic rings. The Labute approximate surface area is 328 Å². The van der Waals surface area contributed by atoms with E-state index in [1.165, 1.54) is 14.2 Å². The number of rotatable bonds is 10. The van der Waals surface area contributed by atoms with E-state index >= 15 is 0 Å². The number of hydrogen-bond acceptors (Lipinski definition) is 8. The predicted octanol–water partition coefficient (Wildman–Crippen LogP) is 6.82. The summed E-state index contributed by atoms with van der Waals surface area (Å²) in [6.45, 7) is 17.0. The lowest BCUT2D eigenvalue weighted by molar-refractivity contribution is -0.136. The second-order valence-electron chi connectivity index (χ2n) is 16.4. The van der Waals surface area contributed by atoms with Crippen LogP contribution in [0.25, 0.3) is 33.3 Å². The predicted molar refractivity (Wildman–Crippen MR) is 213 cm³/mol. The third-order valence-electron chi connectivity index (χ3n) is 11.2. The molecule has 0 unspecified atom stereocenters. The molecule has 4 amide bonds. The van der Waals surface area contributed by atoms with E-state index in [4.69, 9.17) is 19.4 Å². The molecule has 2 saturated heterocycles. The molecular weight excluding hydrogens is 713 g/mol. The van der Waals surface area contributed by atoms with Gasteiger partial charge in [0.2, 0.25) is 11.8 Å². The lowest BCUT2D eigenvalue weighted by Gasteiger charge is -2.30. The number of hydrogen-bond donors (Lipinski definition) is 4. The largest absolute Gasteiger partial charge is 0.453 e. The van der Waals surface area contributed by atoms with Gasteiger partial charge in [-0.15, -0.1) is 0 Å². The second-order valence-corrected chi connectivity index (χ2v) is 16.4. The summed E-state index contributed by atoms with van der Waals surface area (Å²) in [5.41, 5.74) is 5.38. The van der Waals surface area contributed by atoms with Crippen LogP contribution < -0.4 is 10.6 Å². The van der Waals surface area contributed by atoms with E-state index in [1.54, 1.807) is 0 Å². The number of benzene rings is 2. The third-order valence-corrected chi connectivity index (χ3v) is 11.2. The molecule has 0 aliphatic carbocycles. The Kier molecular flexibility index (Phi) is 11.8. The van der Waals surface area contributed by atoms with E-state index in [0.717, 1.165) is 69.2 Å². The highest BCUT2D eigenvalue weighted by Crippen LogP contribution is 2.39. The van der Waals surface area contributed by atoms with Crippen molar-refractivity contribution >= 4 is 34.8 Å². The van der Waals surface area contributed by atoms with Crippen molar-refractivity contribution in [1.29, 1.82) is 0 Å². The molecule has 0 bridgehead atoms. The van der Waals surface area contributed by atoms with E-state index in [9.17, 15) is 19.2 Å². The fraction of sp³-hybridized carbons (Fsp3) is 0.524. The van der Waals surface area contributed by atoms with Crippen LogP contribution in [-0.4, -0.2) is 93.1 Å². The highest BCUT2D eigenvalue weighted by molar-refractivity contribution is 5.91. The fourth-order valence-corrected chi connectivity index (χ4v) is 8.24. The van der Waals surface area contributed by atoms with Gasteiger partial charge in [0.25, 0.3) is 0 Å². The molecule has 0 spiro atoms. The van der Waals surface area contributed by atoms with Crippen molar-refractivity contribution in [1.82, 2.24) is 40.4 Å². The van der Waals surface area contributed by atoms with E-state index < -0.39 is 24.3 Å². The van der Waals surface area contributed by atoms with Gasteiger partial charge in [0.1, 0.15) is 23.7 Å². The van der Waals surface area contributed by atoms with Gasteiger partial charge in [-0.05, 0) is 73.3 Å². The molecule has 6 atom stereocenters. The van der Waals surface area contributed by atoms with E-state index in [0.29, 0.717) is 13.1 Å². The number of amides is 4. The van der Waals surface area contributed by atoms with Crippen molar-refractivity contribution in [2.24, 2.45) is 23.7 Å². The van der Waals surface area contributed by atoms with Crippen LogP contribution >= 0.6 is 0 Å². The maximum Gasteiger partial charge on any atom is 0.407 e. The van der Waals surface area contributed by atoms with Gasteiger partial charge >= 0.3 is 12.2 Å². The first kappa shape index (κ1) is 40.3. The monoisotopic (exact) mass is 768 g/mol. The Morgan fingerprint density at radius 1 is 0.679 bits per heavy atom. The molecule has 56 heavy (non-hydrogen) atoms. The molecule has 14 nitrogen and oxygen atoms in total. The topological polar surface area (TPSA) is 175 Å². The number of aryl methyl sites for hydroxylation is 2. The molecule has 300 valence electrons. The van der Waals surface area contributed by atoms with Crippen molar-refractivity contribution in [2.75, 3.05) is 27.3 Å². The number of nitrogens with zero attached hydrogens (tertiary/aromatic N) is 4. The highest BCUT2D eigenvalue weighted by atomic mass is 16.5. The van der Waals surface area contributed by atoms with Gasteiger partial charge in [-0.2, -0.15) is 0 Å². The Balaban J connectivity index is 1.23. The van der Waals surface area contributed by atoms with Crippen molar-refractivity contribution in [3.8, 4) is 22.5 Å². The normalized spacial score (nSPS) is 20.8. The molecule has 0 radical (unpaired) electrons. The lowest BCUT2D eigenvalue weighted by Crippen LogP contribution is -2.51. The maximum atomic E-state index is 13.8. The van der Waals surface area contributed by atoms with Gasteiger partial charge < -0.3 is 39.9 Å². The van der Waals surface area contributed by atoms with Gasteiger partial charge in [0, 0.05) is 35.6 Å². The number of fused-ring (bicyclic) bond motifs is 1. The molecule has 4 N–H and O–H groups in total. The number of likely N-dealkylation sites (tertiary alicyclic amines) is 2. The molecule has 6 rings (SSSR count). The van der Waals surface area contributed by atoms with Crippen LogP contribution in [0.15, 0.2) is 36.4 Å². The zero-order chi connectivity index (χ0) is 40.6. The smallest absolute Gasteiger partial charge is 0.407 e. The Hall–Kier alpha value is -5.40. The maximum absolute atomic E-state index is 13.8. The standard InChI is InChI=1S/C42H56N8O6/c1-21(2)33(47-41(53)55-9)39(51)49-19-23(5)15-31(49)37-43-25(7)35(45-37)29-13-11-28-18-30(14-12-27(28)17-29)36-26(8)44-38(46-36)32-16-24(6)20-50(32)40(52)34(22(3)4)48-42(54)56-10/h11-14,17-18,21-24,31-34H,15-16,19-20H2,1-10H3,(H,43,45)(H,44,46)(H,47,53)(H,48,54)/t23-,24-,31-,32-,33-,34-/m0/s1. The molecule has 4 heterocycles. The lowest BCUT2D eigenvalue weighted by atomic mass is 10.0. The summed E-state index contributed by atoms with van der Waals surface area (Å²) < 4.78 is 9.60. The summed E-state index contributed by atoms with van der Waals surface area (Å²) in [6.07, 6.45) is 0.260. The van der Waals surface area contributed by atoms with Crippen LogP contribution in [0.3, 0.4) is 0 Å². The van der Waals surface area contributed by atoms with Gasteiger partial charge in [-0.25, -0.2) is 19.6 Å². The number of carbonyl (C=O) groups excluding carboxylic acids is 4. The first-order chi connectivity index (χ1) is 26.6. The molecule has 14 heteroatoms. The van der Waals surface area contributed by atoms with Gasteiger partial charge in [0.15, 0.2) is 0 Å². The average Bonchev–Trinajstić information content (AvgIpc) is 3.96. The molecule has 2 aromatic carbocycles. The fourth-order valence-electron chi connectivity index (χ4n) is 8.24. The summed E-state index contributed by atoms with van der Waals surface area (Å²) in [5.74, 6) is 1.45. The summed E-state index contributed by atoms with van der Waals surface area (Å²) in [7, 11) is 2.59. The first-order valence-corrected chi connectivity index (χ1v) is 19.6. The number of nitrogens with one attached hydrogen (secondary N) is 4. The van der Waals surface area contributed by atoms with Gasteiger partial charge in [0.05, 0.1) is 37.7 Å². The van der Waals surface area contributed by atoms with Gasteiger partial charge in [-0.3, -0.25) is 9.59 Å². The molecule has 0 saturated carbocycles. The molecule has 2 fully saturated rings. The molecule has 2 aromatic heterocycles. The van der Waals surface area contributed by atoms with Crippen molar-refractivity contribution in [3.05, 3.63) is 59.4 Å². The van der Waals surface area contributed by atoms with E-state index in [1.807, 2.05) is 51.3 Å². The minimum absolute atomic E-state index is 0.123. The zero-order valence-electron chi connectivity index (χ0n) is 34.1. The number of methoxy groups -OCH3 is 2. The summed E-state index contributed by atoms with van der Waals surface area (Å²) in [4.78, 5) is 72.5. The number of aromatic amines is 2. The van der Waals surface area contributed by atoms with Crippen LogP contribution in [0, 0.1) is 37.5 Å². The summed E-state index contributed by atoms with van der Waals surface area (Å²) in [5, 5.41) is 7.54. The minimum atomic E-state index is -0.711. The molecular formula is C42H56N8O6. The van der Waals surface area contributed by atoms with Crippen molar-refractivity contribution in [2.45, 2.75) is 92.4 Å². The Morgan fingerprint density at radius 2 is 1.05 bits per heavy atom. The zero-order valence-corrected chi connectivity index (χ0v) is 34.1. The SMILES string of the molecule is COC(=O)N[C@H](C(=O)N1C[C@@H](C)C[C@H]1c1nc(-c2ccc3cc(-c4nc([C@@H]5C[C@H](C)CN5C(=O)[C@@H](NC(=O)OC)C(C)C)[nH]c4C)ccc3c2)c(C)[nH]1)C(C)C. The van der Waals surface area contributed by atoms with E-state index in [2.05, 4.69) is 70.8 Å². The first-order valence-electron chi connectivity index (χ1n) is 19.6. The Bertz CT molecular complexity index is 1960. The number of imidazole rings is 2. The quantitative estimate of drug-likeness (QED) is 0.136. The minimum Gasteiger partial charge on any atom is -0.453 e. The third kappa shape index (κ3) is 8.10. The second kappa shape index (κ2) is 16.4. The average molecular weight is 769 g/mol. The number of ether oxygens (including phenoxy) is 2. The summed E-state index contributed by atoms with van der Waals surface area (Å²) in [6, 6.07) is 10.6. The van der Waals surface area contributed by atoms with Crippen molar-refractivity contribution in [3.63, 3.8) is 0 Å². The van der Waals surface area contributed by atoms with Crippen LogP contribution in [0.4, 0.5) is 9.59 Å². The number of carbonyl (C=O) groups is 4. The number of alkyl carbamates (subject to hydrolysis) is 2. The molecule has 2 aliphatic rings. The Morgan fingerprint density at radius 3 is 1.39 bits per heavy atom. The van der Waals surface area contributed by atoms with Crippen molar-refractivity contribution < 1.29 is 28.7 Å². The summed E-state index contributed by atoms with van der Waals surface area (Å²) >= 11 is 0. The van der Waals surface area contributed by atoms with E-state index in [-0.39, 0.29) is 47.6 Å². The molecule has 2 aliphatic heterocycles. The van der Waals surface area contributed by atoms with Gasteiger partial charge in [-0.1, -0.05) is 65.8 Å². The highest BCUT2D eigenvalue weighted by Gasteiger charge is 2.42. The number of H-pyrrole nitrogens is 2. The van der Waals surface area contributed by atoms with Crippen LogP contribution in [0.2, 0.25) is 0 Å². The number of aromatic nitrogens is 4. The van der Waals surface area contributed by atoms with Crippen LogP contribution in [-0.2, 0) is 19.1 Å². The van der Waals surface area contributed by atoms with Crippen LogP contribution in [0.5, 0.6) is 0 Å². The van der Waals surface area contributed by atoms with Crippen LogP contribution in [0.1, 0.15) is 89.5 Å².